The van der Waals surface area contributed by atoms with Crippen molar-refractivity contribution >= 4 is 29.8 Å². The van der Waals surface area contributed by atoms with Gasteiger partial charge in [0.15, 0.2) is 12.2 Å². The quantitative estimate of drug-likeness (QED) is 0.309. The molecule has 1 amide bonds. The van der Waals surface area contributed by atoms with E-state index in [0.717, 1.165) is 33.8 Å². The number of nitrogens with one attached hydrogen (secondary N) is 1. The number of amides is 1. The Kier molecular flexibility index (Phi) is 8.48. The molecule has 1 aliphatic heterocycles. The lowest BCUT2D eigenvalue weighted by Crippen LogP contribution is -2.72. The van der Waals surface area contributed by atoms with E-state index in [0.29, 0.717) is 0 Å². The van der Waals surface area contributed by atoms with Crippen LogP contribution in [0, 0.1) is 11.3 Å². The van der Waals surface area contributed by atoms with Crippen molar-refractivity contribution < 1.29 is 47.7 Å². The second-order valence-electron chi connectivity index (χ2n) is 6.18. The van der Waals surface area contributed by atoms with E-state index in [9.17, 15) is 29.2 Å². The molecule has 1 saturated heterocycles. The molecule has 1 heterocycles. The lowest BCUT2D eigenvalue weighted by atomic mass is 9.90. The number of rotatable bonds is 7. The standard InChI is InChI=1S/C18H22N2O10/c1-6-14(25)20-18(8-19)17(29-12(5)24)16(28-11(4)23)15(27-10(3)22)13(30-18)7-26-9(2)21/h6,13,15-17H,1,7H2,2-5H3,(H,20,25)/t13-,15+,16+,17-,18+/m1/s1. The first-order valence-electron chi connectivity index (χ1n) is 8.64. The molecule has 1 rings (SSSR count). The zero-order valence-electron chi connectivity index (χ0n) is 16.8. The van der Waals surface area contributed by atoms with Crippen LogP contribution in [0.3, 0.4) is 0 Å². The zero-order chi connectivity index (χ0) is 23.1. The first-order chi connectivity index (χ1) is 14.0. The van der Waals surface area contributed by atoms with Crippen molar-refractivity contribution in [2.24, 2.45) is 0 Å². The topological polar surface area (TPSA) is 167 Å². The molecule has 0 spiro atoms. The van der Waals surface area contributed by atoms with Crippen molar-refractivity contribution in [3.05, 3.63) is 12.7 Å². The average molecular weight is 426 g/mol. The minimum absolute atomic E-state index is 0.536. The molecule has 0 aromatic rings. The van der Waals surface area contributed by atoms with Gasteiger partial charge in [0, 0.05) is 27.7 Å². The number of carbonyl (C=O) groups excluding carboxylic acids is 5. The maximum atomic E-state index is 12.0. The third kappa shape index (κ3) is 6.28. The summed E-state index contributed by atoms with van der Waals surface area (Å²) < 4.78 is 26.0. The Morgan fingerprint density at radius 2 is 1.53 bits per heavy atom. The SMILES string of the molecule is C=CC(=O)N[C@@]1(C#N)O[C@H](COC(C)=O)[C@H](OC(C)=O)[C@H](OC(C)=O)[C@H]1OC(C)=O. The van der Waals surface area contributed by atoms with E-state index >= 15 is 0 Å². The van der Waals surface area contributed by atoms with E-state index in [1.807, 2.05) is 0 Å². The number of esters is 4. The molecule has 12 nitrogen and oxygen atoms in total. The van der Waals surface area contributed by atoms with E-state index < -0.39 is 66.5 Å². The van der Waals surface area contributed by atoms with Crippen LogP contribution in [0.15, 0.2) is 12.7 Å². The summed E-state index contributed by atoms with van der Waals surface area (Å²) in [4.78, 5) is 58.2. The Hall–Kier alpha value is -3.46. The van der Waals surface area contributed by atoms with Gasteiger partial charge in [-0.05, 0) is 6.08 Å². The third-order valence-corrected chi connectivity index (χ3v) is 3.73. The molecule has 0 unspecified atom stereocenters. The van der Waals surface area contributed by atoms with Crippen molar-refractivity contribution in [2.45, 2.75) is 57.8 Å². The highest BCUT2D eigenvalue weighted by atomic mass is 16.7. The molecular formula is C18H22N2O10. The van der Waals surface area contributed by atoms with Gasteiger partial charge in [-0.25, -0.2) is 0 Å². The first kappa shape index (κ1) is 24.6. The lowest BCUT2D eigenvalue weighted by molar-refractivity contribution is -0.276. The van der Waals surface area contributed by atoms with Gasteiger partial charge in [-0.3, -0.25) is 24.0 Å². The predicted octanol–water partition coefficient (Wildman–Crippen LogP) is -0.735. The van der Waals surface area contributed by atoms with Crippen LogP contribution in [0.4, 0.5) is 0 Å². The van der Waals surface area contributed by atoms with Gasteiger partial charge in [-0.15, -0.1) is 0 Å². The van der Waals surface area contributed by atoms with Crippen LogP contribution in [0.5, 0.6) is 0 Å². The fourth-order valence-electron chi connectivity index (χ4n) is 2.75. The Bertz CT molecular complexity index is 773. The van der Waals surface area contributed by atoms with Gasteiger partial charge >= 0.3 is 23.9 Å². The van der Waals surface area contributed by atoms with Gasteiger partial charge in [0.05, 0.1) is 0 Å². The van der Waals surface area contributed by atoms with E-state index in [-0.39, 0.29) is 0 Å². The summed E-state index contributed by atoms with van der Waals surface area (Å²) >= 11 is 0. The summed E-state index contributed by atoms with van der Waals surface area (Å²) in [6, 6.07) is 1.68. The highest BCUT2D eigenvalue weighted by Gasteiger charge is 2.61. The van der Waals surface area contributed by atoms with Gasteiger partial charge in [0.25, 0.3) is 5.72 Å². The van der Waals surface area contributed by atoms with E-state index in [2.05, 4.69) is 11.9 Å². The molecule has 0 aliphatic carbocycles. The fourth-order valence-corrected chi connectivity index (χ4v) is 2.75. The molecule has 164 valence electrons. The molecule has 0 aromatic heterocycles. The maximum absolute atomic E-state index is 12.0. The molecule has 0 radical (unpaired) electrons. The summed E-state index contributed by atoms with van der Waals surface area (Å²) in [6.45, 7) is 6.93. The van der Waals surface area contributed by atoms with Crippen LogP contribution in [-0.4, -0.2) is 66.5 Å². The Balaban J connectivity index is 3.59. The van der Waals surface area contributed by atoms with E-state index in [4.69, 9.17) is 23.7 Å². The van der Waals surface area contributed by atoms with E-state index in [1.54, 1.807) is 6.07 Å². The third-order valence-electron chi connectivity index (χ3n) is 3.73. The number of nitriles is 1. The Morgan fingerprint density at radius 1 is 1.00 bits per heavy atom. The van der Waals surface area contributed by atoms with Crippen LogP contribution in [0.25, 0.3) is 0 Å². The van der Waals surface area contributed by atoms with Crippen LogP contribution in [0.2, 0.25) is 0 Å². The van der Waals surface area contributed by atoms with Crippen molar-refractivity contribution in [2.75, 3.05) is 6.61 Å². The Labute approximate surface area is 172 Å². The highest BCUT2D eigenvalue weighted by molar-refractivity contribution is 5.87. The highest BCUT2D eigenvalue weighted by Crippen LogP contribution is 2.34. The lowest BCUT2D eigenvalue weighted by Gasteiger charge is -2.47. The Morgan fingerprint density at radius 3 is 1.97 bits per heavy atom. The summed E-state index contributed by atoms with van der Waals surface area (Å²) in [7, 11) is 0. The summed E-state index contributed by atoms with van der Waals surface area (Å²) in [5.41, 5.74) is -2.39. The predicted molar refractivity (Wildman–Crippen MR) is 94.9 cm³/mol. The minimum Gasteiger partial charge on any atom is -0.463 e. The van der Waals surface area contributed by atoms with Gasteiger partial charge in [0.1, 0.15) is 18.8 Å². The molecule has 5 atom stereocenters. The van der Waals surface area contributed by atoms with E-state index in [1.165, 1.54) is 0 Å². The van der Waals surface area contributed by atoms with Crippen LogP contribution >= 0.6 is 0 Å². The molecule has 12 heteroatoms. The van der Waals surface area contributed by atoms with Crippen molar-refractivity contribution in [1.29, 1.82) is 5.26 Å². The van der Waals surface area contributed by atoms with Crippen molar-refractivity contribution in [3.63, 3.8) is 0 Å². The van der Waals surface area contributed by atoms with Crippen LogP contribution in [0.1, 0.15) is 27.7 Å². The summed E-state index contributed by atoms with van der Waals surface area (Å²) in [5, 5.41) is 12.0. The molecule has 1 fully saturated rings. The molecule has 1 aliphatic rings. The minimum atomic E-state index is -2.39. The molecule has 0 aromatic carbocycles. The van der Waals surface area contributed by atoms with Gasteiger partial charge in [-0.2, -0.15) is 5.26 Å². The summed E-state index contributed by atoms with van der Waals surface area (Å²) in [6.07, 6.45) is -5.33. The first-order valence-corrected chi connectivity index (χ1v) is 8.64. The fraction of sp³-hybridized carbons (Fsp3) is 0.556. The molecule has 0 saturated carbocycles. The summed E-state index contributed by atoms with van der Waals surface area (Å²) in [5.74, 6) is -4.20. The van der Waals surface area contributed by atoms with Gasteiger partial charge in [0.2, 0.25) is 12.0 Å². The number of hydrogen-bond donors (Lipinski definition) is 1. The number of nitrogens with zero attached hydrogens (tertiary/aromatic N) is 1. The average Bonchev–Trinajstić information content (AvgIpc) is 2.63. The maximum Gasteiger partial charge on any atom is 0.303 e. The normalized spacial score (nSPS) is 27.6. The second-order valence-corrected chi connectivity index (χ2v) is 6.18. The molecule has 0 bridgehead atoms. The zero-order valence-corrected chi connectivity index (χ0v) is 16.8. The smallest absolute Gasteiger partial charge is 0.303 e. The van der Waals surface area contributed by atoms with Gasteiger partial charge in [-0.1, -0.05) is 6.58 Å². The van der Waals surface area contributed by atoms with Crippen LogP contribution < -0.4 is 5.32 Å². The second kappa shape index (κ2) is 10.4. The number of hydrogen-bond acceptors (Lipinski definition) is 11. The van der Waals surface area contributed by atoms with Crippen molar-refractivity contribution in [1.82, 2.24) is 5.32 Å². The van der Waals surface area contributed by atoms with Crippen molar-refractivity contribution in [3.8, 4) is 6.07 Å². The number of ether oxygens (including phenoxy) is 5. The molecular weight excluding hydrogens is 404 g/mol. The molecule has 30 heavy (non-hydrogen) atoms. The monoisotopic (exact) mass is 426 g/mol. The van der Waals surface area contributed by atoms with Gasteiger partial charge < -0.3 is 29.0 Å². The molecule has 1 N–H and O–H groups in total. The van der Waals surface area contributed by atoms with Crippen LogP contribution in [-0.2, 0) is 47.7 Å². The largest absolute Gasteiger partial charge is 0.463 e. The number of carbonyl (C=O) groups is 5.